The van der Waals surface area contributed by atoms with Crippen molar-refractivity contribution in [2.75, 3.05) is 11.7 Å². The van der Waals surface area contributed by atoms with Crippen LogP contribution < -0.4 is 10.7 Å². The van der Waals surface area contributed by atoms with Crippen molar-refractivity contribution >= 4 is 62.5 Å². The van der Waals surface area contributed by atoms with Gasteiger partial charge in [-0.15, -0.1) is 10.2 Å². The van der Waals surface area contributed by atoms with E-state index >= 15 is 0 Å². The van der Waals surface area contributed by atoms with Crippen LogP contribution in [0.15, 0.2) is 27.8 Å². The summed E-state index contributed by atoms with van der Waals surface area (Å²) in [5, 5.41) is 11.6. The third-order valence-electron chi connectivity index (χ3n) is 2.59. The molecule has 0 saturated heterocycles. The molecule has 0 bridgehead atoms. The van der Waals surface area contributed by atoms with Crippen molar-refractivity contribution in [1.29, 1.82) is 0 Å². The first-order valence-electron chi connectivity index (χ1n) is 5.95. The Kier molecular flexibility index (Phi) is 5.79. The average molecular weight is 421 g/mol. The molecule has 0 aliphatic carbocycles. The normalized spacial score (nSPS) is 10.4. The van der Waals surface area contributed by atoms with E-state index in [4.69, 9.17) is 23.8 Å². The standard InChI is InChI=1S/C12H11BrClN5OS2/c1-6-16-17-12(22-2)19(6)18-11(21)15-10(20)8-5-7(13)3-4-9(8)14/h3-5H,1-2H3,(H2,15,18,20,21). The van der Waals surface area contributed by atoms with Gasteiger partial charge in [-0.3, -0.25) is 15.5 Å². The van der Waals surface area contributed by atoms with Gasteiger partial charge in [-0.25, -0.2) is 4.68 Å². The number of thioether (sulfide) groups is 1. The maximum Gasteiger partial charge on any atom is 0.259 e. The van der Waals surface area contributed by atoms with Gasteiger partial charge >= 0.3 is 0 Å². The number of amides is 1. The number of hydrogen-bond donors (Lipinski definition) is 2. The highest BCUT2D eigenvalue weighted by molar-refractivity contribution is 9.10. The second-order valence-electron chi connectivity index (χ2n) is 4.09. The number of thiocarbonyl (C=S) groups is 1. The Morgan fingerprint density at radius 1 is 1.45 bits per heavy atom. The highest BCUT2D eigenvalue weighted by atomic mass is 79.9. The second-order valence-corrected chi connectivity index (χ2v) is 6.59. The predicted molar refractivity (Wildman–Crippen MR) is 95.1 cm³/mol. The lowest BCUT2D eigenvalue weighted by atomic mass is 10.2. The van der Waals surface area contributed by atoms with Crippen LogP contribution in [-0.4, -0.2) is 32.1 Å². The topological polar surface area (TPSA) is 71.8 Å². The maximum absolute atomic E-state index is 12.2. The Balaban J connectivity index is 2.10. The minimum Gasteiger partial charge on any atom is -0.298 e. The number of hydrogen-bond acceptors (Lipinski definition) is 5. The number of benzene rings is 1. The molecule has 22 heavy (non-hydrogen) atoms. The molecule has 0 aliphatic heterocycles. The summed E-state index contributed by atoms with van der Waals surface area (Å²) in [7, 11) is 0. The molecule has 2 N–H and O–H groups in total. The van der Waals surface area contributed by atoms with Crippen molar-refractivity contribution < 1.29 is 4.79 Å². The summed E-state index contributed by atoms with van der Waals surface area (Å²) in [6.07, 6.45) is 1.87. The average Bonchev–Trinajstić information content (AvgIpc) is 2.82. The molecular weight excluding hydrogens is 410 g/mol. The molecule has 0 radical (unpaired) electrons. The summed E-state index contributed by atoms with van der Waals surface area (Å²) in [5.41, 5.74) is 3.18. The van der Waals surface area contributed by atoms with Crippen molar-refractivity contribution in [1.82, 2.24) is 20.2 Å². The monoisotopic (exact) mass is 419 g/mol. The molecule has 116 valence electrons. The summed E-state index contributed by atoms with van der Waals surface area (Å²) in [6, 6.07) is 5.01. The molecular formula is C12H11BrClN5OS2. The quantitative estimate of drug-likeness (QED) is 0.587. The molecule has 1 heterocycles. The summed E-state index contributed by atoms with van der Waals surface area (Å²) in [4.78, 5) is 12.2. The van der Waals surface area contributed by atoms with Crippen LogP contribution in [0.4, 0.5) is 0 Å². The van der Waals surface area contributed by atoms with E-state index in [1.165, 1.54) is 11.8 Å². The van der Waals surface area contributed by atoms with Gasteiger partial charge in [-0.1, -0.05) is 39.3 Å². The summed E-state index contributed by atoms with van der Waals surface area (Å²) in [6.45, 7) is 1.77. The van der Waals surface area contributed by atoms with Crippen molar-refractivity contribution in [3.8, 4) is 0 Å². The SMILES string of the molecule is CSc1nnc(C)n1NC(=S)NC(=O)c1cc(Br)ccc1Cl. The number of aromatic nitrogens is 3. The molecule has 0 saturated carbocycles. The molecule has 0 atom stereocenters. The Hall–Kier alpha value is -1.16. The first-order valence-corrected chi connectivity index (χ1v) is 8.76. The number of aryl methyl sites for hydroxylation is 1. The fourth-order valence-corrected chi connectivity index (χ4v) is 2.81. The van der Waals surface area contributed by atoms with Crippen molar-refractivity contribution in [3.05, 3.63) is 39.1 Å². The lowest BCUT2D eigenvalue weighted by Crippen LogP contribution is -2.38. The van der Waals surface area contributed by atoms with E-state index in [2.05, 4.69) is 36.9 Å². The van der Waals surface area contributed by atoms with Gasteiger partial charge in [0.1, 0.15) is 5.82 Å². The van der Waals surface area contributed by atoms with E-state index in [1.54, 1.807) is 29.8 Å². The number of nitrogens with one attached hydrogen (secondary N) is 2. The Labute approximate surface area is 150 Å². The second kappa shape index (κ2) is 7.40. The lowest BCUT2D eigenvalue weighted by Gasteiger charge is -2.13. The molecule has 2 rings (SSSR count). The van der Waals surface area contributed by atoms with Gasteiger partial charge in [-0.05, 0) is 43.6 Å². The van der Waals surface area contributed by atoms with Gasteiger partial charge in [-0.2, -0.15) is 0 Å². The van der Waals surface area contributed by atoms with Gasteiger partial charge < -0.3 is 0 Å². The number of carbonyl (C=O) groups excluding carboxylic acids is 1. The summed E-state index contributed by atoms with van der Waals surface area (Å²) >= 11 is 15.9. The molecule has 0 unspecified atom stereocenters. The smallest absolute Gasteiger partial charge is 0.259 e. The Morgan fingerprint density at radius 3 is 2.86 bits per heavy atom. The molecule has 1 amide bonds. The molecule has 0 aliphatic rings. The fraction of sp³-hybridized carbons (Fsp3) is 0.167. The molecule has 1 aromatic carbocycles. The predicted octanol–water partition coefficient (Wildman–Crippen LogP) is 2.98. The van der Waals surface area contributed by atoms with Crippen LogP contribution in [0.2, 0.25) is 5.02 Å². The van der Waals surface area contributed by atoms with Crippen LogP contribution in [0.25, 0.3) is 0 Å². The zero-order chi connectivity index (χ0) is 16.3. The van der Waals surface area contributed by atoms with Gasteiger partial charge in [0.05, 0.1) is 10.6 Å². The number of carbonyl (C=O) groups is 1. The van der Waals surface area contributed by atoms with E-state index in [0.717, 1.165) is 4.47 Å². The molecule has 10 heteroatoms. The van der Waals surface area contributed by atoms with Crippen LogP contribution in [0.5, 0.6) is 0 Å². The first-order chi connectivity index (χ1) is 10.4. The first kappa shape index (κ1) is 17.2. The van der Waals surface area contributed by atoms with Crippen LogP contribution in [0.1, 0.15) is 16.2 Å². The van der Waals surface area contributed by atoms with Crippen LogP contribution in [0.3, 0.4) is 0 Å². The highest BCUT2D eigenvalue weighted by Crippen LogP contribution is 2.20. The van der Waals surface area contributed by atoms with Gasteiger partial charge in [0.2, 0.25) is 5.16 Å². The summed E-state index contributed by atoms with van der Waals surface area (Å²) in [5.74, 6) is 0.224. The van der Waals surface area contributed by atoms with Crippen LogP contribution in [-0.2, 0) is 0 Å². The minimum absolute atomic E-state index is 0.124. The van der Waals surface area contributed by atoms with Crippen molar-refractivity contribution in [3.63, 3.8) is 0 Å². The number of nitrogens with zero attached hydrogens (tertiary/aromatic N) is 3. The maximum atomic E-state index is 12.2. The Morgan fingerprint density at radius 2 is 2.18 bits per heavy atom. The fourth-order valence-electron chi connectivity index (χ4n) is 1.58. The molecule has 0 spiro atoms. The van der Waals surface area contributed by atoms with E-state index < -0.39 is 5.91 Å². The number of halogens is 2. The third-order valence-corrected chi connectivity index (χ3v) is 4.24. The number of rotatable bonds is 3. The zero-order valence-electron chi connectivity index (χ0n) is 11.6. The van der Waals surface area contributed by atoms with Gasteiger partial charge in [0, 0.05) is 4.47 Å². The molecule has 6 nitrogen and oxygen atoms in total. The van der Waals surface area contributed by atoms with Crippen LogP contribution >= 0.6 is 51.5 Å². The molecule has 0 fully saturated rings. The Bertz CT molecular complexity index is 736. The largest absolute Gasteiger partial charge is 0.298 e. The van der Waals surface area contributed by atoms with Crippen molar-refractivity contribution in [2.45, 2.75) is 12.1 Å². The summed E-state index contributed by atoms with van der Waals surface area (Å²) < 4.78 is 2.34. The van der Waals surface area contributed by atoms with Crippen molar-refractivity contribution in [2.24, 2.45) is 0 Å². The molecule has 2 aromatic rings. The third kappa shape index (κ3) is 3.97. The van der Waals surface area contributed by atoms with Gasteiger partial charge in [0.15, 0.2) is 5.11 Å². The minimum atomic E-state index is -0.403. The van der Waals surface area contributed by atoms with Crippen LogP contribution in [0, 0.1) is 6.92 Å². The lowest BCUT2D eigenvalue weighted by molar-refractivity contribution is 0.0977. The molecule has 1 aromatic heterocycles. The van der Waals surface area contributed by atoms with Gasteiger partial charge in [0.25, 0.3) is 5.91 Å². The van der Waals surface area contributed by atoms with E-state index in [9.17, 15) is 4.79 Å². The van der Waals surface area contributed by atoms with E-state index in [0.29, 0.717) is 21.6 Å². The van der Waals surface area contributed by atoms with E-state index in [-0.39, 0.29) is 5.11 Å². The highest BCUT2D eigenvalue weighted by Gasteiger charge is 2.14. The van der Waals surface area contributed by atoms with E-state index in [1.807, 2.05) is 6.26 Å². The zero-order valence-corrected chi connectivity index (χ0v) is 15.5.